The van der Waals surface area contributed by atoms with Crippen LogP contribution in [0.1, 0.15) is 11.1 Å². The third-order valence-corrected chi connectivity index (χ3v) is 6.94. The van der Waals surface area contributed by atoms with Crippen molar-refractivity contribution in [2.75, 3.05) is 18.5 Å². The van der Waals surface area contributed by atoms with Crippen molar-refractivity contribution in [3.8, 4) is 22.9 Å². The second-order valence-corrected chi connectivity index (χ2v) is 9.30. The van der Waals surface area contributed by atoms with Gasteiger partial charge in [0.05, 0.1) is 11.8 Å². The summed E-state index contributed by atoms with van der Waals surface area (Å²) in [7, 11) is 0. The first-order chi connectivity index (χ1) is 17.1. The summed E-state index contributed by atoms with van der Waals surface area (Å²) in [6.07, 6.45) is -0.0151. The number of aliphatic carboxylic acids is 1. The normalized spacial score (nSPS) is 12.7. The van der Waals surface area contributed by atoms with E-state index < -0.39 is 5.97 Å². The van der Waals surface area contributed by atoms with Gasteiger partial charge in [-0.3, -0.25) is 4.79 Å². The highest BCUT2D eigenvalue weighted by Gasteiger charge is 2.16. The molecule has 1 aliphatic rings. The molecule has 0 bridgehead atoms. The van der Waals surface area contributed by atoms with Crippen LogP contribution in [0.4, 0.5) is 5.82 Å². The van der Waals surface area contributed by atoms with Crippen LogP contribution in [0.25, 0.3) is 31.7 Å². The molecule has 6 rings (SSSR count). The van der Waals surface area contributed by atoms with Crippen molar-refractivity contribution in [2.24, 2.45) is 0 Å². The molecule has 2 N–H and O–H groups in total. The maximum Gasteiger partial charge on any atom is 0.307 e. The highest BCUT2D eigenvalue weighted by Crippen LogP contribution is 2.38. The molecule has 0 amide bonds. The maximum absolute atomic E-state index is 11.0. The Morgan fingerprint density at radius 1 is 0.943 bits per heavy atom. The molecule has 5 aromatic rings. The first-order valence-corrected chi connectivity index (χ1v) is 12.1. The lowest BCUT2D eigenvalue weighted by Crippen LogP contribution is -2.15. The van der Waals surface area contributed by atoms with Gasteiger partial charge in [0.25, 0.3) is 0 Å². The number of aromatic nitrogens is 2. The molecule has 35 heavy (non-hydrogen) atoms. The average molecular weight is 484 g/mol. The summed E-state index contributed by atoms with van der Waals surface area (Å²) >= 11 is 1.63. The Balaban J connectivity index is 1.39. The van der Waals surface area contributed by atoms with Gasteiger partial charge in [-0.15, -0.1) is 11.3 Å². The molecule has 0 aliphatic carbocycles. The fourth-order valence-electron chi connectivity index (χ4n) is 4.21. The second kappa shape index (κ2) is 8.88. The summed E-state index contributed by atoms with van der Waals surface area (Å²) in [4.78, 5) is 21.7. The number of nitrogens with one attached hydrogen (secondary N) is 1. The van der Waals surface area contributed by atoms with Crippen LogP contribution < -0.4 is 14.8 Å². The number of carboxylic acids is 1. The molecule has 174 valence electrons. The van der Waals surface area contributed by atoms with E-state index in [1.165, 1.54) is 0 Å². The smallest absolute Gasteiger partial charge is 0.307 e. The lowest BCUT2D eigenvalue weighted by molar-refractivity contribution is -0.136. The zero-order valence-electron chi connectivity index (χ0n) is 18.7. The number of thiophene rings is 1. The molecule has 7 nitrogen and oxygen atoms in total. The van der Waals surface area contributed by atoms with Crippen molar-refractivity contribution < 1.29 is 19.4 Å². The SMILES string of the molecule is O=C(O)Cc1ccc(-c2nc(NCc3ccc4c(c3)OCCO4)c3c(n2)sc2ccccc23)cc1. The van der Waals surface area contributed by atoms with E-state index in [1.807, 2.05) is 54.6 Å². The number of nitrogens with zero attached hydrogens (tertiary/aromatic N) is 2. The fraction of sp³-hybridized carbons (Fsp3) is 0.148. The van der Waals surface area contributed by atoms with Gasteiger partial charge in [0.1, 0.15) is 23.9 Å². The van der Waals surface area contributed by atoms with Crippen LogP contribution in [0.5, 0.6) is 11.5 Å². The van der Waals surface area contributed by atoms with E-state index in [0.29, 0.717) is 25.6 Å². The number of hydrogen-bond acceptors (Lipinski definition) is 7. The molecular formula is C27H21N3O4S. The van der Waals surface area contributed by atoms with Crippen LogP contribution >= 0.6 is 11.3 Å². The van der Waals surface area contributed by atoms with Gasteiger partial charge in [-0.2, -0.15) is 0 Å². The second-order valence-electron chi connectivity index (χ2n) is 8.27. The summed E-state index contributed by atoms with van der Waals surface area (Å²) in [6, 6.07) is 21.5. The Morgan fingerprint density at radius 3 is 2.54 bits per heavy atom. The van der Waals surface area contributed by atoms with Gasteiger partial charge < -0.3 is 19.9 Å². The quantitative estimate of drug-likeness (QED) is 0.328. The van der Waals surface area contributed by atoms with Gasteiger partial charge in [-0.05, 0) is 29.3 Å². The molecule has 1 aliphatic heterocycles. The summed E-state index contributed by atoms with van der Waals surface area (Å²) in [5.41, 5.74) is 2.63. The van der Waals surface area contributed by atoms with E-state index in [1.54, 1.807) is 11.3 Å². The lowest BCUT2D eigenvalue weighted by Gasteiger charge is -2.19. The average Bonchev–Trinajstić information content (AvgIpc) is 3.26. The van der Waals surface area contributed by atoms with Crippen molar-refractivity contribution in [2.45, 2.75) is 13.0 Å². The number of fused-ring (bicyclic) bond motifs is 4. The molecular weight excluding hydrogens is 462 g/mol. The van der Waals surface area contributed by atoms with E-state index >= 15 is 0 Å². The van der Waals surface area contributed by atoms with Gasteiger partial charge >= 0.3 is 5.97 Å². The predicted molar refractivity (Wildman–Crippen MR) is 136 cm³/mol. The van der Waals surface area contributed by atoms with E-state index in [2.05, 4.69) is 17.4 Å². The Morgan fingerprint density at radius 2 is 1.71 bits per heavy atom. The number of carboxylic acid groups (broad SMARTS) is 1. The van der Waals surface area contributed by atoms with Gasteiger partial charge in [-0.1, -0.05) is 48.5 Å². The fourth-order valence-corrected chi connectivity index (χ4v) is 5.29. The van der Waals surface area contributed by atoms with E-state index in [9.17, 15) is 4.79 Å². The molecule has 0 spiro atoms. The zero-order valence-corrected chi connectivity index (χ0v) is 19.5. The number of carbonyl (C=O) groups is 1. The Labute approximate surface area is 205 Å². The highest BCUT2D eigenvalue weighted by atomic mass is 32.1. The summed E-state index contributed by atoms with van der Waals surface area (Å²) in [6.45, 7) is 1.67. The number of benzene rings is 3. The maximum atomic E-state index is 11.0. The van der Waals surface area contributed by atoms with Crippen molar-refractivity contribution in [3.63, 3.8) is 0 Å². The van der Waals surface area contributed by atoms with Crippen molar-refractivity contribution in [1.29, 1.82) is 0 Å². The predicted octanol–water partition coefficient (Wildman–Crippen LogP) is 5.52. The molecule has 0 radical (unpaired) electrons. The summed E-state index contributed by atoms with van der Waals surface area (Å²) < 4.78 is 12.5. The minimum absolute atomic E-state index is 0.0151. The molecule has 3 aromatic carbocycles. The van der Waals surface area contributed by atoms with Crippen LogP contribution in [0.2, 0.25) is 0 Å². The first-order valence-electron chi connectivity index (χ1n) is 11.3. The zero-order chi connectivity index (χ0) is 23.8. The largest absolute Gasteiger partial charge is 0.486 e. The molecule has 0 saturated carbocycles. The van der Waals surface area contributed by atoms with Crippen LogP contribution in [0.15, 0.2) is 66.7 Å². The molecule has 3 heterocycles. The lowest BCUT2D eigenvalue weighted by atomic mass is 10.1. The van der Waals surface area contributed by atoms with Gasteiger partial charge in [0, 0.05) is 22.2 Å². The summed E-state index contributed by atoms with van der Waals surface area (Å²) in [5, 5.41) is 14.7. The topological polar surface area (TPSA) is 93.6 Å². The van der Waals surface area contributed by atoms with E-state index in [4.69, 9.17) is 24.5 Å². The van der Waals surface area contributed by atoms with Gasteiger partial charge in [-0.25, -0.2) is 9.97 Å². The van der Waals surface area contributed by atoms with Gasteiger partial charge in [0.2, 0.25) is 0 Å². The molecule has 8 heteroatoms. The number of anilines is 1. The molecule has 2 aromatic heterocycles. The Hall–Kier alpha value is -4.17. The molecule has 0 atom stereocenters. The number of rotatable bonds is 6. The van der Waals surface area contributed by atoms with Gasteiger partial charge in [0.15, 0.2) is 17.3 Å². The van der Waals surface area contributed by atoms with Crippen LogP contribution in [-0.2, 0) is 17.8 Å². The van der Waals surface area contributed by atoms with Crippen molar-refractivity contribution in [3.05, 3.63) is 77.9 Å². The highest BCUT2D eigenvalue weighted by molar-refractivity contribution is 7.25. The van der Waals surface area contributed by atoms with E-state index in [-0.39, 0.29) is 6.42 Å². The monoisotopic (exact) mass is 483 g/mol. The minimum atomic E-state index is -0.855. The third-order valence-electron chi connectivity index (χ3n) is 5.87. The Kier molecular flexibility index (Phi) is 5.42. The third kappa shape index (κ3) is 4.24. The standard InChI is InChI=1S/C27H21N3O4S/c31-23(32)14-16-5-8-18(9-6-16)25-29-26(24-19-3-1-2-4-22(19)35-27(24)30-25)28-15-17-7-10-20-21(13-17)34-12-11-33-20/h1-10,13H,11-12,14-15H2,(H,31,32)(H,28,29,30). The molecule has 0 saturated heterocycles. The van der Waals surface area contributed by atoms with Crippen molar-refractivity contribution >= 4 is 43.4 Å². The summed E-state index contributed by atoms with van der Waals surface area (Å²) in [5.74, 6) is 2.02. The molecule has 0 fully saturated rings. The van der Waals surface area contributed by atoms with E-state index in [0.717, 1.165) is 54.3 Å². The Bertz CT molecular complexity index is 1560. The van der Waals surface area contributed by atoms with Crippen LogP contribution in [0.3, 0.4) is 0 Å². The van der Waals surface area contributed by atoms with Crippen molar-refractivity contribution in [1.82, 2.24) is 9.97 Å². The number of hydrogen-bond donors (Lipinski definition) is 2. The van der Waals surface area contributed by atoms with Crippen LogP contribution in [0, 0.1) is 0 Å². The first kappa shape index (κ1) is 21.4. The van der Waals surface area contributed by atoms with Crippen LogP contribution in [-0.4, -0.2) is 34.3 Å². The number of ether oxygens (including phenoxy) is 2. The minimum Gasteiger partial charge on any atom is -0.486 e. The molecule has 0 unspecified atom stereocenters.